The normalized spacial score (nSPS) is 11.9. The van der Waals surface area contributed by atoms with Gasteiger partial charge in [-0.05, 0) is 32.1 Å². The number of unbranched alkanes of at least 4 members (excludes halogenated alkanes) is 11. The Hall–Kier alpha value is 0.0300. The molecule has 0 aliphatic carbocycles. The van der Waals surface area contributed by atoms with Crippen molar-refractivity contribution >= 4 is 24.5 Å². The maximum Gasteiger partial charge on any atom is 1.00 e. The molecule has 0 aromatic carbocycles. The van der Waals surface area contributed by atoms with Crippen molar-refractivity contribution in [2.45, 2.75) is 103 Å². The van der Waals surface area contributed by atoms with Gasteiger partial charge >= 0.3 is 29.6 Å². The Morgan fingerprint density at radius 2 is 1.37 bits per heavy atom. The number of rotatable bonds is 18. The summed E-state index contributed by atoms with van der Waals surface area (Å²) in [5.41, 5.74) is 0. The van der Waals surface area contributed by atoms with Crippen LogP contribution in [0.5, 0.6) is 0 Å². The molecule has 6 heteroatoms. The fourth-order valence-electron chi connectivity index (χ4n) is 2.80. The second kappa shape index (κ2) is 22.3. The van der Waals surface area contributed by atoms with Crippen LogP contribution < -0.4 is 40.0 Å². The van der Waals surface area contributed by atoms with E-state index in [1.807, 2.05) is 0 Å². The molecule has 0 aromatic rings. The van der Waals surface area contributed by atoms with Crippen LogP contribution in [-0.2, 0) is 9.59 Å². The molecule has 0 unspecified atom stereocenters. The summed E-state index contributed by atoms with van der Waals surface area (Å²) in [7, 11) is 0. The number of thiol groups is 1. The van der Waals surface area contributed by atoms with E-state index in [4.69, 9.17) is 0 Å². The van der Waals surface area contributed by atoms with Crippen LogP contribution in [0.1, 0.15) is 96.8 Å². The Balaban J connectivity index is 0. The van der Waals surface area contributed by atoms with E-state index in [0.29, 0.717) is 6.42 Å². The van der Waals surface area contributed by atoms with Gasteiger partial charge in [-0.25, -0.2) is 0 Å². The summed E-state index contributed by atoms with van der Waals surface area (Å²) < 4.78 is 0. The molecule has 0 radical (unpaired) electrons. The third-order valence-electron chi connectivity index (χ3n) is 4.47. The number of hydrogen-bond acceptors (Lipinski definition) is 4. The van der Waals surface area contributed by atoms with E-state index in [2.05, 4.69) is 37.0 Å². The van der Waals surface area contributed by atoms with E-state index >= 15 is 0 Å². The van der Waals surface area contributed by atoms with Crippen LogP contribution in [-0.4, -0.2) is 23.7 Å². The molecule has 0 rings (SSSR count). The van der Waals surface area contributed by atoms with Crippen LogP contribution >= 0.6 is 12.6 Å². The van der Waals surface area contributed by atoms with E-state index in [1.54, 1.807) is 0 Å². The molecule has 0 aliphatic rings. The zero-order valence-electron chi connectivity index (χ0n) is 17.5. The van der Waals surface area contributed by atoms with Crippen molar-refractivity contribution in [2.75, 3.05) is 5.75 Å². The summed E-state index contributed by atoms with van der Waals surface area (Å²) in [6.45, 7) is 2.25. The van der Waals surface area contributed by atoms with Crippen molar-refractivity contribution in [3.8, 4) is 0 Å². The molecule has 0 heterocycles. The smallest absolute Gasteiger partial charge is 0.548 e. The molecule has 152 valence electrons. The first-order valence-electron chi connectivity index (χ1n) is 10.4. The van der Waals surface area contributed by atoms with Crippen molar-refractivity contribution in [1.29, 1.82) is 0 Å². The quantitative estimate of drug-likeness (QED) is 0.155. The van der Waals surface area contributed by atoms with E-state index in [1.165, 1.54) is 57.8 Å². The van der Waals surface area contributed by atoms with Gasteiger partial charge in [0.15, 0.2) is 0 Å². The molecule has 1 atom stereocenters. The molecule has 0 bridgehead atoms. The van der Waals surface area contributed by atoms with Gasteiger partial charge in [0.25, 0.3) is 0 Å². The van der Waals surface area contributed by atoms with E-state index < -0.39 is 12.0 Å². The molecule has 0 saturated carbocycles. The van der Waals surface area contributed by atoms with Gasteiger partial charge in [-0.2, -0.15) is 12.6 Å². The molecule has 0 aliphatic heterocycles. The molecular weight excluding hydrogens is 369 g/mol. The standard InChI is InChI=1S/C21H39NO3S.Na/c1-2-3-4-5-6-7-8-9-10-11-12-13-14-15-16-17-20(23)22-19(18-26)21(24)25;/h9-10,19,26H,2-8,11-18H2,1H3,(H,22,23)(H,24,25);/q;+1/p-1/b10-9-;/t19-;/m0./s1. The molecular formula is C21H38NNaO3S. The van der Waals surface area contributed by atoms with Gasteiger partial charge in [-0.3, -0.25) is 4.79 Å². The SMILES string of the molecule is CCCCCCCC/C=C\CCCCCCCC(=O)N[C@@H](CS)C(=O)[O-].[Na+]. The van der Waals surface area contributed by atoms with Gasteiger partial charge in [0.05, 0.1) is 12.0 Å². The third-order valence-corrected chi connectivity index (χ3v) is 4.83. The summed E-state index contributed by atoms with van der Waals surface area (Å²) in [5, 5.41) is 13.1. The summed E-state index contributed by atoms with van der Waals surface area (Å²) in [5.74, 6) is -1.45. The maximum atomic E-state index is 11.6. The zero-order chi connectivity index (χ0) is 19.5. The number of allylic oxidation sites excluding steroid dienone is 2. The van der Waals surface area contributed by atoms with E-state index in [-0.39, 0.29) is 41.2 Å². The van der Waals surface area contributed by atoms with Crippen LogP contribution in [0.4, 0.5) is 0 Å². The Morgan fingerprint density at radius 3 is 1.85 bits per heavy atom. The van der Waals surface area contributed by atoms with Gasteiger partial charge in [0.1, 0.15) is 0 Å². The number of aliphatic carboxylic acids is 1. The predicted molar refractivity (Wildman–Crippen MR) is 110 cm³/mol. The average Bonchev–Trinajstić information content (AvgIpc) is 2.62. The summed E-state index contributed by atoms with van der Waals surface area (Å²) in [4.78, 5) is 22.3. The Labute approximate surface area is 194 Å². The van der Waals surface area contributed by atoms with Gasteiger partial charge in [0, 0.05) is 12.2 Å². The average molecular weight is 408 g/mol. The minimum absolute atomic E-state index is 0. The number of carboxylic acids is 1. The first kappa shape index (κ1) is 29.2. The van der Waals surface area contributed by atoms with Gasteiger partial charge in [-0.15, -0.1) is 0 Å². The minimum atomic E-state index is -1.28. The Kier molecular flexibility index (Phi) is 24.2. The molecule has 4 nitrogen and oxygen atoms in total. The molecule has 0 saturated heterocycles. The number of carboxylic acid groups (broad SMARTS) is 1. The fraction of sp³-hybridized carbons (Fsp3) is 0.810. The number of nitrogens with one attached hydrogen (secondary N) is 1. The van der Waals surface area contributed by atoms with Crippen LogP contribution in [0.3, 0.4) is 0 Å². The van der Waals surface area contributed by atoms with E-state index in [9.17, 15) is 14.7 Å². The number of carbonyl (C=O) groups excluding carboxylic acids is 2. The van der Waals surface area contributed by atoms with Crippen LogP contribution in [0, 0.1) is 0 Å². The first-order valence-corrected chi connectivity index (χ1v) is 11.0. The zero-order valence-corrected chi connectivity index (χ0v) is 20.4. The second-order valence-electron chi connectivity index (χ2n) is 6.96. The van der Waals surface area contributed by atoms with Crippen molar-refractivity contribution in [3.05, 3.63) is 12.2 Å². The van der Waals surface area contributed by atoms with Gasteiger partial charge < -0.3 is 15.2 Å². The van der Waals surface area contributed by atoms with Crippen LogP contribution in [0.2, 0.25) is 0 Å². The Bertz CT molecular complexity index is 392. The van der Waals surface area contributed by atoms with Crippen molar-refractivity contribution in [2.24, 2.45) is 0 Å². The molecule has 0 fully saturated rings. The number of hydrogen-bond donors (Lipinski definition) is 2. The second-order valence-corrected chi connectivity index (χ2v) is 7.32. The summed E-state index contributed by atoms with van der Waals surface area (Å²) >= 11 is 3.89. The molecule has 1 amide bonds. The van der Waals surface area contributed by atoms with Crippen LogP contribution in [0.15, 0.2) is 12.2 Å². The molecule has 0 aromatic heterocycles. The number of carbonyl (C=O) groups is 2. The third kappa shape index (κ3) is 20.6. The minimum Gasteiger partial charge on any atom is -0.548 e. The number of amides is 1. The summed E-state index contributed by atoms with van der Waals surface area (Å²) in [6.07, 6.45) is 20.8. The first-order chi connectivity index (χ1) is 12.6. The maximum absolute atomic E-state index is 11.6. The predicted octanol–water partition coefficient (Wildman–Crippen LogP) is 1.19. The fourth-order valence-corrected chi connectivity index (χ4v) is 3.04. The van der Waals surface area contributed by atoms with Gasteiger partial charge in [-0.1, -0.05) is 70.4 Å². The monoisotopic (exact) mass is 407 g/mol. The summed E-state index contributed by atoms with van der Waals surface area (Å²) in [6, 6.07) is -0.992. The van der Waals surface area contributed by atoms with Crippen LogP contribution in [0.25, 0.3) is 0 Å². The molecule has 0 spiro atoms. The Morgan fingerprint density at radius 1 is 0.889 bits per heavy atom. The van der Waals surface area contributed by atoms with Crippen molar-refractivity contribution in [3.63, 3.8) is 0 Å². The molecule has 1 N–H and O–H groups in total. The van der Waals surface area contributed by atoms with Gasteiger partial charge in [0.2, 0.25) is 5.91 Å². The van der Waals surface area contributed by atoms with Crippen molar-refractivity contribution < 1.29 is 44.3 Å². The van der Waals surface area contributed by atoms with Crippen molar-refractivity contribution in [1.82, 2.24) is 5.32 Å². The topological polar surface area (TPSA) is 69.2 Å². The largest absolute Gasteiger partial charge is 1.00 e. The van der Waals surface area contributed by atoms with E-state index in [0.717, 1.165) is 25.7 Å². The molecule has 27 heavy (non-hydrogen) atoms.